The van der Waals surface area contributed by atoms with Crippen LogP contribution in [0.25, 0.3) is 0 Å². The van der Waals surface area contributed by atoms with Crippen molar-refractivity contribution in [3.05, 3.63) is 0 Å². The first-order valence-electron chi connectivity index (χ1n) is 14.8. The summed E-state index contributed by atoms with van der Waals surface area (Å²) in [6, 6.07) is 0. The summed E-state index contributed by atoms with van der Waals surface area (Å²) in [6.07, 6.45) is 9.41. The zero-order valence-corrected chi connectivity index (χ0v) is 23.3. The van der Waals surface area contributed by atoms with Gasteiger partial charge in [0.05, 0.1) is 12.2 Å². The molecule has 0 amide bonds. The van der Waals surface area contributed by atoms with Crippen LogP contribution in [0.1, 0.15) is 98.3 Å². The molecule has 0 bridgehead atoms. The summed E-state index contributed by atoms with van der Waals surface area (Å²) in [6.45, 7) is 9.93. The van der Waals surface area contributed by atoms with E-state index in [1.54, 1.807) is 0 Å². The third kappa shape index (κ3) is 4.97. The molecule has 0 aromatic carbocycles. The molecular formula is C29H50N4O4. The van der Waals surface area contributed by atoms with Gasteiger partial charge in [0, 0.05) is 6.54 Å². The molecule has 0 heterocycles. The highest BCUT2D eigenvalue weighted by atomic mass is 16.4. The van der Waals surface area contributed by atoms with Crippen LogP contribution < -0.4 is 0 Å². The SMILES string of the molecule is CC[C@H]1[C@@H](O)C2C3CCC([C@H](C)CCCN(N=N)C(=N)CC(=O)O)[C@@]3(C)CCC2[C@@]2(C)CC[C@@H](O)C[C@@H]12. The minimum absolute atomic E-state index is 0.139. The Morgan fingerprint density at radius 1 is 1.08 bits per heavy atom. The lowest BCUT2D eigenvalue weighted by molar-refractivity contribution is -0.203. The van der Waals surface area contributed by atoms with Crippen LogP contribution in [0, 0.1) is 63.2 Å². The Morgan fingerprint density at radius 3 is 2.41 bits per heavy atom. The number of aliphatic hydroxyl groups excluding tert-OH is 2. The average molecular weight is 519 g/mol. The van der Waals surface area contributed by atoms with Gasteiger partial charge in [-0.25, -0.2) is 5.01 Å². The summed E-state index contributed by atoms with van der Waals surface area (Å²) in [5.74, 6) is 1.99. The fourth-order valence-electron chi connectivity index (χ4n) is 10.2. The third-order valence-electron chi connectivity index (χ3n) is 11.9. The van der Waals surface area contributed by atoms with E-state index in [-0.39, 0.29) is 34.8 Å². The number of nitrogens with one attached hydrogen (secondary N) is 2. The van der Waals surface area contributed by atoms with Crippen LogP contribution in [-0.4, -0.2) is 50.9 Å². The van der Waals surface area contributed by atoms with Crippen molar-refractivity contribution in [1.82, 2.24) is 5.01 Å². The highest BCUT2D eigenvalue weighted by Gasteiger charge is 2.64. The maximum Gasteiger partial charge on any atom is 0.311 e. The van der Waals surface area contributed by atoms with Crippen LogP contribution in [0.5, 0.6) is 0 Å². The van der Waals surface area contributed by atoms with E-state index in [1.165, 1.54) is 30.7 Å². The largest absolute Gasteiger partial charge is 0.481 e. The van der Waals surface area contributed by atoms with Gasteiger partial charge < -0.3 is 15.3 Å². The number of carboxylic acids is 1. The van der Waals surface area contributed by atoms with Gasteiger partial charge in [-0.05, 0) is 110 Å². The Bertz CT molecular complexity index is 869. The number of aliphatic hydroxyl groups is 2. The fourth-order valence-corrected chi connectivity index (χ4v) is 10.2. The Balaban J connectivity index is 1.45. The Labute approximate surface area is 222 Å². The molecule has 4 rings (SSSR count). The number of hydrogen-bond acceptors (Lipinski definition) is 6. The lowest BCUT2D eigenvalue weighted by atomic mass is 9.41. The highest BCUT2D eigenvalue weighted by Crippen LogP contribution is 2.69. The number of aliphatic carboxylic acids is 1. The van der Waals surface area contributed by atoms with Gasteiger partial charge in [-0.3, -0.25) is 10.2 Å². The number of rotatable bonds is 9. The smallest absolute Gasteiger partial charge is 0.311 e. The van der Waals surface area contributed by atoms with Gasteiger partial charge in [0.1, 0.15) is 12.3 Å². The summed E-state index contributed by atoms with van der Waals surface area (Å²) < 4.78 is 0. The Morgan fingerprint density at radius 2 is 1.76 bits per heavy atom. The number of carbonyl (C=O) groups is 1. The Kier molecular flexibility index (Phi) is 8.40. The first kappa shape index (κ1) is 28.5. The molecule has 0 saturated heterocycles. The van der Waals surface area contributed by atoms with Crippen molar-refractivity contribution in [1.29, 1.82) is 10.9 Å². The van der Waals surface area contributed by atoms with Gasteiger partial charge in [-0.2, -0.15) is 5.53 Å². The molecule has 0 aliphatic heterocycles. The molecule has 4 saturated carbocycles. The predicted molar refractivity (Wildman–Crippen MR) is 142 cm³/mol. The van der Waals surface area contributed by atoms with Gasteiger partial charge in [0.15, 0.2) is 0 Å². The van der Waals surface area contributed by atoms with Crippen molar-refractivity contribution in [2.75, 3.05) is 6.54 Å². The van der Waals surface area contributed by atoms with Crippen molar-refractivity contribution in [3.63, 3.8) is 0 Å². The molecule has 8 nitrogen and oxygen atoms in total. The molecule has 0 aromatic rings. The summed E-state index contributed by atoms with van der Waals surface area (Å²) >= 11 is 0. The standard InChI is InChI=1S/C29H50N4O4/c1-5-19-23-15-18(34)10-12-29(23,4)22-11-13-28(3)20(8-9-21(28)26(22)27(19)37)17(2)7-6-14-33(32-31)24(30)16-25(35)36/h17-23,26-27,30-31,34,37H,5-16H2,1-4H3,(H,35,36)/t17-,18-,19-,20?,21?,22?,23+,26?,27-,28-,29-/m1/s1. The first-order chi connectivity index (χ1) is 17.5. The number of carboxylic acid groups (broad SMARTS) is 1. The van der Waals surface area contributed by atoms with Crippen LogP contribution in [0.3, 0.4) is 0 Å². The lowest BCUT2D eigenvalue weighted by Gasteiger charge is -2.64. The quantitative estimate of drug-likeness (QED) is 0.115. The van der Waals surface area contributed by atoms with E-state index in [9.17, 15) is 15.0 Å². The highest BCUT2D eigenvalue weighted by molar-refractivity contribution is 5.94. The van der Waals surface area contributed by atoms with Crippen LogP contribution in [0.15, 0.2) is 5.22 Å². The number of fused-ring (bicyclic) bond motifs is 5. The second-order valence-electron chi connectivity index (χ2n) is 13.5. The summed E-state index contributed by atoms with van der Waals surface area (Å²) in [5.41, 5.74) is 7.78. The van der Waals surface area contributed by atoms with E-state index < -0.39 is 12.4 Å². The minimum atomic E-state index is -1.08. The van der Waals surface area contributed by atoms with Crippen molar-refractivity contribution < 1.29 is 20.1 Å². The average Bonchev–Trinajstić information content (AvgIpc) is 3.19. The van der Waals surface area contributed by atoms with Crippen LogP contribution in [-0.2, 0) is 4.79 Å². The summed E-state index contributed by atoms with van der Waals surface area (Å²) in [5, 5.41) is 43.8. The molecule has 4 fully saturated rings. The summed E-state index contributed by atoms with van der Waals surface area (Å²) in [7, 11) is 0. The first-order valence-corrected chi connectivity index (χ1v) is 14.8. The van der Waals surface area contributed by atoms with E-state index in [4.69, 9.17) is 16.0 Å². The monoisotopic (exact) mass is 518 g/mol. The van der Waals surface area contributed by atoms with Gasteiger partial charge in [-0.1, -0.05) is 39.3 Å². The van der Waals surface area contributed by atoms with E-state index in [0.717, 1.165) is 38.5 Å². The summed E-state index contributed by atoms with van der Waals surface area (Å²) in [4.78, 5) is 10.9. The molecule has 0 spiro atoms. The topological polar surface area (TPSA) is 141 Å². The number of nitrogens with zero attached hydrogens (tertiary/aromatic N) is 2. The molecule has 8 heteroatoms. The second kappa shape index (κ2) is 10.9. The minimum Gasteiger partial charge on any atom is -0.481 e. The van der Waals surface area contributed by atoms with Gasteiger partial charge in [0.2, 0.25) is 0 Å². The zero-order valence-electron chi connectivity index (χ0n) is 23.3. The molecule has 37 heavy (non-hydrogen) atoms. The van der Waals surface area contributed by atoms with Crippen LogP contribution >= 0.6 is 0 Å². The third-order valence-corrected chi connectivity index (χ3v) is 11.9. The maximum absolute atomic E-state index is 11.9. The lowest BCUT2D eigenvalue weighted by Crippen LogP contribution is -2.62. The molecule has 4 aliphatic carbocycles. The molecule has 210 valence electrons. The molecule has 4 aliphatic rings. The van der Waals surface area contributed by atoms with Gasteiger partial charge in [-0.15, -0.1) is 0 Å². The van der Waals surface area contributed by atoms with E-state index in [0.29, 0.717) is 42.1 Å². The van der Waals surface area contributed by atoms with E-state index in [2.05, 4.69) is 32.9 Å². The van der Waals surface area contributed by atoms with Crippen molar-refractivity contribution in [2.24, 2.45) is 57.5 Å². The van der Waals surface area contributed by atoms with Crippen LogP contribution in [0.4, 0.5) is 0 Å². The van der Waals surface area contributed by atoms with E-state index >= 15 is 0 Å². The second-order valence-corrected chi connectivity index (χ2v) is 13.5. The molecule has 5 N–H and O–H groups in total. The number of amidine groups is 1. The van der Waals surface area contributed by atoms with Crippen molar-refractivity contribution in [2.45, 2.75) is 111 Å². The molecule has 0 aromatic heterocycles. The van der Waals surface area contributed by atoms with E-state index in [1.807, 2.05) is 0 Å². The van der Waals surface area contributed by atoms with Crippen molar-refractivity contribution in [3.8, 4) is 0 Å². The van der Waals surface area contributed by atoms with Crippen LogP contribution in [0.2, 0.25) is 0 Å². The molecular weight excluding hydrogens is 468 g/mol. The maximum atomic E-state index is 11.9. The molecule has 4 unspecified atom stereocenters. The van der Waals surface area contributed by atoms with Gasteiger partial charge >= 0.3 is 5.97 Å². The predicted octanol–water partition coefficient (Wildman–Crippen LogP) is 5.73. The van der Waals surface area contributed by atoms with Gasteiger partial charge in [0.25, 0.3) is 0 Å². The van der Waals surface area contributed by atoms with Crippen molar-refractivity contribution >= 4 is 11.8 Å². The zero-order chi connectivity index (χ0) is 27.1. The number of hydrogen-bond donors (Lipinski definition) is 5. The molecule has 0 radical (unpaired) electrons. The molecule has 11 atom stereocenters. The fraction of sp³-hybridized carbons (Fsp3) is 0.931. The Hall–Kier alpha value is -1.54. The normalized spacial score (nSPS) is 43.7.